The second-order valence-electron chi connectivity index (χ2n) is 7.03. The van der Waals surface area contributed by atoms with Gasteiger partial charge in [0, 0.05) is 11.1 Å². The number of nitrogens with one attached hydrogen (secondary N) is 2. The minimum Gasteiger partial charge on any atom is -0.335 e. The fraction of sp³-hybridized carbons (Fsp3) is 0.500. The number of hydrogen-bond acceptors (Lipinski definition) is 6. The van der Waals surface area contributed by atoms with Gasteiger partial charge in [0.2, 0.25) is 11.1 Å². The third kappa shape index (κ3) is 5.23. The minimum atomic E-state index is -0.450. The Morgan fingerprint density at radius 2 is 2.00 bits per heavy atom. The molecule has 28 heavy (non-hydrogen) atoms. The van der Waals surface area contributed by atoms with Crippen LogP contribution in [0.25, 0.3) is 5.69 Å². The van der Waals surface area contributed by atoms with Crippen molar-refractivity contribution < 1.29 is 9.59 Å². The lowest BCUT2D eigenvalue weighted by Gasteiger charge is -2.34. The number of aromatic nitrogens is 4. The van der Waals surface area contributed by atoms with Crippen LogP contribution in [0.15, 0.2) is 29.4 Å². The quantitative estimate of drug-likeness (QED) is 0.718. The second-order valence-corrected chi connectivity index (χ2v) is 8.41. The Bertz CT molecular complexity index is 828. The molecule has 3 atom stereocenters. The van der Waals surface area contributed by atoms with E-state index in [4.69, 9.17) is 11.6 Å². The molecule has 2 N–H and O–H groups in total. The normalized spacial score (nSPS) is 21.9. The zero-order valence-corrected chi connectivity index (χ0v) is 17.3. The topological polar surface area (TPSA) is 102 Å². The van der Waals surface area contributed by atoms with E-state index in [1.807, 2.05) is 0 Å². The van der Waals surface area contributed by atoms with Crippen LogP contribution in [0.5, 0.6) is 0 Å². The molecule has 10 heteroatoms. The van der Waals surface area contributed by atoms with Crippen molar-refractivity contribution in [2.45, 2.75) is 44.3 Å². The number of hydrogen-bond donors (Lipinski definition) is 2. The summed E-state index contributed by atoms with van der Waals surface area (Å²) in [6.07, 6.45) is 3.21. The summed E-state index contributed by atoms with van der Waals surface area (Å²) in [5.74, 6) is 0.590. The Balaban J connectivity index is 1.50. The van der Waals surface area contributed by atoms with E-state index < -0.39 is 11.9 Å². The van der Waals surface area contributed by atoms with Gasteiger partial charge in [-0.1, -0.05) is 50.1 Å². The number of nitrogens with zero attached hydrogens (tertiary/aromatic N) is 4. The van der Waals surface area contributed by atoms with Crippen LogP contribution >= 0.6 is 23.4 Å². The molecule has 3 rings (SSSR count). The number of imide groups is 1. The van der Waals surface area contributed by atoms with E-state index in [1.165, 1.54) is 11.1 Å². The maximum absolute atomic E-state index is 12.1. The molecule has 3 amide bonds. The third-order valence-electron chi connectivity index (χ3n) is 5.12. The first kappa shape index (κ1) is 20.6. The minimum absolute atomic E-state index is 0.0258. The van der Waals surface area contributed by atoms with Crippen molar-refractivity contribution in [2.75, 3.05) is 5.75 Å². The molecule has 0 spiro atoms. The van der Waals surface area contributed by atoms with Crippen molar-refractivity contribution in [3.05, 3.63) is 29.3 Å². The number of halogens is 1. The molecule has 1 saturated carbocycles. The van der Waals surface area contributed by atoms with Crippen LogP contribution in [0.2, 0.25) is 5.02 Å². The number of tetrazole rings is 1. The standard InChI is InChI=1S/C18H23ClN6O2S/c1-11-4-3-5-15(12(11)2)20-17(27)21-16(26)10-28-18-22-23-24-25(18)14-8-6-13(19)7-9-14/h6-9,11-12,15H,3-5,10H2,1-2H3,(H2,20,21,26,27)/t11-,12+,15-/m1/s1. The van der Waals surface area contributed by atoms with E-state index in [1.54, 1.807) is 24.3 Å². The molecule has 1 aromatic heterocycles. The first-order valence-electron chi connectivity index (χ1n) is 9.21. The van der Waals surface area contributed by atoms with Crippen molar-refractivity contribution >= 4 is 35.3 Å². The molecule has 150 valence electrons. The van der Waals surface area contributed by atoms with E-state index >= 15 is 0 Å². The van der Waals surface area contributed by atoms with E-state index in [0.29, 0.717) is 22.0 Å². The molecule has 1 aliphatic rings. The summed E-state index contributed by atoms with van der Waals surface area (Å²) in [6.45, 7) is 4.34. The smallest absolute Gasteiger partial charge is 0.321 e. The highest BCUT2D eigenvalue weighted by Gasteiger charge is 2.28. The molecule has 0 bridgehead atoms. The Hall–Kier alpha value is -2.13. The van der Waals surface area contributed by atoms with Gasteiger partial charge in [-0.25, -0.2) is 4.79 Å². The van der Waals surface area contributed by atoms with Gasteiger partial charge in [-0.05, 0) is 52.9 Å². The maximum Gasteiger partial charge on any atom is 0.321 e. The number of thioether (sulfide) groups is 1. The van der Waals surface area contributed by atoms with E-state index in [9.17, 15) is 9.59 Å². The van der Waals surface area contributed by atoms with Gasteiger partial charge in [0.05, 0.1) is 11.4 Å². The number of carbonyl (C=O) groups excluding carboxylic acids is 2. The highest BCUT2D eigenvalue weighted by molar-refractivity contribution is 7.99. The monoisotopic (exact) mass is 422 g/mol. The number of carbonyl (C=O) groups is 2. The fourth-order valence-corrected chi connectivity index (χ4v) is 4.11. The summed E-state index contributed by atoms with van der Waals surface area (Å²) in [5.41, 5.74) is 0.732. The number of urea groups is 1. The zero-order chi connectivity index (χ0) is 20.1. The summed E-state index contributed by atoms with van der Waals surface area (Å²) < 4.78 is 1.51. The predicted octanol–water partition coefficient (Wildman–Crippen LogP) is 3.06. The Labute approximate surface area is 172 Å². The van der Waals surface area contributed by atoms with Gasteiger partial charge in [-0.3, -0.25) is 10.1 Å². The third-order valence-corrected chi connectivity index (χ3v) is 6.29. The molecule has 0 radical (unpaired) electrons. The average molecular weight is 423 g/mol. The molecule has 0 saturated heterocycles. The van der Waals surface area contributed by atoms with Gasteiger partial charge in [0.1, 0.15) is 0 Å². The van der Waals surface area contributed by atoms with Gasteiger partial charge in [-0.15, -0.1) is 5.10 Å². The van der Waals surface area contributed by atoms with Crippen LogP contribution in [0.1, 0.15) is 33.1 Å². The Morgan fingerprint density at radius 1 is 1.25 bits per heavy atom. The molecule has 0 unspecified atom stereocenters. The summed E-state index contributed by atoms with van der Waals surface area (Å²) >= 11 is 7.05. The van der Waals surface area contributed by atoms with Crippen LogP contribution in [0, 0.1) is 11.8 Å². The van der Waals surface area contributed by atoms with Gasteiger partial charge >= 0.3 is 6.03 Å². The van der Waals surface area contributed by atoms with Crippen LogP contribution in [0.4, 0.5) is 4.79 Å². The molecule has 1 heterocycles. The summed E-state index contributed by atoms with van der Waals surface area (Å²) in [5, 5.41) is 17.9. The molecular weight excluding hydrogens is 400 g/mol. The largest absolute Gasteiger partial charge is 0.335 e. The van der Waals surface area contributed by atoms with Gasteiger partial charge in [0.15, 0.2) is 0 Å². The number of benzene rings is 1. The molecule has 1 aromatic carbocycles. The Kier molecular flexibility index (Phi) is 6.90. The van der Waals surface area contributed by atoms with Crippen molar-refractivity contribution in [3.8, 4) is 5.69 Å². The maximum atomic E-state index is 12.1. The van der Waals surface area contributed by atoms with Crippen molar-refractivity contribution in [1.29, 1.82) is 0 Å². The van der Waals surface area contributed by atoms with Crippen LogP contribution in [0.3, 0.4) is 0 Å². The molecule has 0 aliphatic heterocycles. The molecule has 2 aromatic rings. The van der Waals surface area contributed by atoms with E-state index in [2.05, 4.69) is 40.0 Å². The summed E-state index contributed by atoms with van der Waals surface area (Å²) in [7, 11) is 0. The SMILES string of the molecule is C[C@H]1[C@H](C)CCC[C@H]1NC(=O)NC(=O)CSc1nnnn1-c1ccc(Cl)cc1. The van der Waals surface area contributed by atoms with Crippen LogP contribution in [-0.4, -0.2) is 43.9 Å². The zero-order valence-electron chi connectivity index (χ0n) is 15.8. The lowest BCUT2D eigenvalue weighted by molar-refractivity contribution is -0.117. The van der Waals surface area contributed by atoms with Crippen molar-refractivity contribution in [1.82, 2.24) is 30.8 Å². The van der Waals surface area contributed by atoms with Gasteiger partial charge in [0.25, 0.3) is 0 Å². The van der Waals surface area contributed by atoms with Gasteiger partial charge in [-0.2, -0.15) is 4.68 Å². The number of amides is 3. The lowest BCUT2D eigenvalue weighted by Crippen LogP contribution is -2.49. The molecule has 1 aliphatic carbocycles. The highest BCUT2D eigenvalue weighted by atomic mass is 35.5. The Morgan fingerprint density at radius 3 is 2.75 bits per heavy atom. The second kappa shape index (κ2) is 9.38. The fourth-order valence-electron chi connectivity index (χ4n) is 3.30. The first-order valence-corrected chi connectivity index (χ1v) is 10.6. The average Bonchev–Trinajstić information content (AvgIpc) is 3.13. The van der Waals surface area contributed by atoms with E-state index in [-0.39, 0.29) is 11.8 Å². The van der Waals surface area contributed by atoms with Crippen molar-refractivity contribution in [3.63, 3.8) is 0 Å². The lowest BCUT2D eigenvalue weighted by atomic mass is 9.78. The first-order chi connectivity index (χ1) is 13.4. The highest BCUT2D eigenvalue weighted by Crippen LogP contribution is 2.29. The summed E-state index contributed by atoms with van der Waals surface area (Å²) in [4.78, 5) is 24.3. The van der Waals surface area contributed by atoms with E-state index in [0.717, 1.165) is 30.3 Å². The van der Waals surface area contributed by atoms with Crippen LogP contribution in [-0.2, 0) is 4.79 Å². The molecular formula is C18H23ClN6O2S. The van der Waals surface area contributed by atoms with Crippen molar-refractivity contribution in [2.24, 2.45) is 11.8 Å². The molecule has 8 nitrogen and oxygen atoms in total. The molecule has 1 fully saturated rings. The van der Waals surface area contributed by atoms with Crippen LogP contribution < -0.4 is 10.6 Å². The number of rotatable bonds is 5. The summed E-state index contributed by atoms with van der Waals surface area (Å²) in [6, 6.07) is 6.68. The predicted molar refractivity (Wildman–Crippen MR) is 108 cm³/mol. The van der Waals surface area contributed by atoms with Gasteiger partial charge < -0.3 is 5.32 Å².